The maximum Gasteiger partial charge on any atom is 0.307 e. The van der Waals surface area contributed by atoms with E-state index in [1.54, 1.807) is 24.3 Å². The predicted molar refractivity (Wildman–Crippen MR) is 120 cm³/mol. The van der Waals surface area contributed by atoms with Crippen LogP contribution in [-0.2, 0) is 32.1 Å². The van der Waals surface area contributed by atoms with Crippen molar-refractivity contribution in [3.63, 3.8) is 0 Å². The molecule has 162 valence electrons. The largest absolute Gasteiger partial charge is 0.481 e. The molecule has 6 heteroatoms. The fourth-order valence-electron chi connectivity index (χ4n) is 4.74. The Labute approximate surface area is 179 Å². The summed E-state index contributed by atoms with van der Waals surface area (Å²) in [5, 5.41) is 8.90. The lowest BCUT2D eigenvalue weighted by molar-refractivity contribution is -0.136. The van der Waals surface area contributed by atoms with Crippen molar-refractivity contribution in [3.05, 3.63) is 58.1 Å². The number of aliphatic carboxylic acids is 1. The minimum absolute atomic E-state index is 0.00999. The van der Waals surface area contributed by atoms with Crippen molar-refractivity contribution < 1.29 is 18.3 Å². The fraction of sp³-hybridized carbons (Fsp3) is 0.458. The van der Waals surface area contributed by atoms with Gasteiger partial charge in [0.2, 0.25) is 0 Å². The van der Waals surface area contributed by atoms with Gasteiger partial charge in [-0.25, -0.2) is 8.42 Å². The van der Waals surface area contributed by atoms with Crippen LogP contribution in [-0.4, -0.2) is 19.5 Å². The fourth-order valence-corrected chi connectivity index (χ4v) is 6.28. The van der Waals surface area contributed by atoms with E-state index in [-0.39, 0.29) is 17.3 Å². The number of sulfonamides is 1. The molecule has 2 N–H and O–H groups in total. The molecule has 1 aliphatic rings. The van der Waals surface area contributed by atoms with Crippen molar-refractivity contribution >= 4 is 21.7 Å². The van der Waals surface area contributed by atoms with E-state index < -0.39 is 16.0 Å². The highest BCUT2D eigenvalue weighted by molar-refractivity contribution is 7.92. The lowest BCUT2D eigenvalue weighted by Crippen LogP contribution is -2.35. The third-order valence-electron chi connectivity index (χ3n) is 6.32. The van der Waals surface area contributed by atoms with Gasteiger partial charge in [-0.05, 0) is 77.5 Å². The average molecular weight is 430 g/mol. The van der Waals surface area contributed by atoms with Crippen molar-refractivity contribution in [2.45, 2.75) is 76.5 Å². The molecule has 5 nitrogen and oxygen atoms in total. The Kier molecular flexibility index (Phi) is 5.52. The number of carbonyl (C=O) groups is 1. The van der Waals surface area contributed by atoms with Crippen molar-refractivity contribution in [2.24, 2.45) is 0 Å². The zero-order valence-electron chi connectivity index (χ0n) is 18.6. The Morgan fingerprint density at radius 2 is 1.60 bits per heavy atom. The van der Waals surface area contributed by atoms with Gasteiger partial charge < -0.3 is 5.11 Å². The van der Waals surface area contributed by atoms with Gasteiger partial charge in [0, 0.05) is 5.69 Å². The second-order valence-corrected chi connectivity index (χ2v) is 11.3. The van der Waals surface area contributed by atoms with Crippen molar-refractivity contribution in [1.29, 1.82) is 0 Å². The van der Waals surface area contributed by atoms with Crippen LogP contribution in [0.3, 0.4) is 0 Å². The molecule has 2 aromatic rings. The molecule has 0 saturated carbocycles. The highest BCUT2D eigenvalue weighted by atomic mass is 32.2. The first-order chi connectivity index (χ1) is 13.7. The molecule has 0 spiro atoms. The van der Waals surface area contributed by atoms with Crippen LogP contribution < -0.4 is 4.72 Å². The number of carboxylic acids is 1. The van der Waals surface area contributed by atoms with Crippen LogP contribution in [0.1, 0.15) is 68.4 Å². The molecule has 1 aliphatic carbocycles. The molecule has 0 atom stereocenters. The van der Waals surface area contributed by atoms with Crippen LogP contribution in [0.5, 0.6) is 0 Å². The Hall–Kier alpha value is -2.34. The smallest absolute Gasteiger partial charge is 0.307 e. The van der Waals surface area contributed by atoms with Crippen LogP contribution in [0, 0.1) is 13.8 Å². The Balaban J connectivity index is 2.06. The topological polar surface area (TPSA) is 83.5 Å². The van der Waals surface area contributed by atoms with E-state index in [2.05, 4.69) is 32.4 Å². The number of aryl methyl sites for hydroxylation is 1. The van der Waals surface area contributed by atoms with Gasteiger partial charge >= 0.3 is 5.97 Å². The molecular weight excluding hydrogens is 398 g/mol. The van der Waals surface area contributed by atoms with Gasteiger partial charge in [-0.1, -0.05) is 45.9 Å². The van der Waals surface area contributed by atoms with Crippen molar-refractivity contribution in [2.75, 3.05) is 4.72 Å². The van der Waals surface area contributed by atoms with Gasteiger partial charge in [-0.3, -0.25) is 9.52 Å². The second kappa shape index (κ2) is 7.41. The summed E-state index contributed by atoms with van der Waals surface area (Å²) in [6.07, 6.45) is 1.98. The normalized spacial score (nSPS) is 17.3. The highest BCUT2D eigenvalue weighted by Gasteiger charge is 2.40. The molecule has 0 aromatic heterocycles. The number of carboxylic acid groups (broad SMARTS) is 1. The van der Waals surface area contributed by atoms with E-state index in [0.717, 1.165) is 29.5 Å². The molecule has 0 heterocycles. The van der Waals surface area contributed by atoms with Gasteiger partial charge in [0.1, 0.15) is 0 Å². The van der Waals surface area contributed by atoms with Crippen LogP contribution >= 0.6 is 0 Å². The summed E-state index contributed by atoms with van der Waals surface area (Å²) in [6, 6.07) is 8.51. The molecule has 0 saturated heterocycles. The summed E-state index contributed by atoms with van der Waals surface area (Å²) in [6.45, 7) is 12.6. The number of hydrogen-bond donors (Lipinski definition) is 2. The number of hydrogen-bond acceptors (Lipinski definition) is 3. The van der Waals surface area contributed by atoms with Crippen LogP contribution in [0.2, 0.25) is 0 Å². The standard InChI is InChI=1S/C24H31NO4S/c1-15-13-19-21(24(5,6)12-11-23(19,3)4)16(2)22(15)30(28,29)25-18-9-7-17(8-10-18)14-20(26)27/h7-10,13,25H,11-12,14H2,1-6H3,(H,26,27). The summed E-state index contributed by atoms with van der Waals surface area (Å²) in [5.41, 5.74) is 4.90. The third-order valence-corrected chi connectivity index (χ3v) is 7.99. The number of nitrogens with one attached hydrogen (secondary N) is 1. The second-order valence-electron chi connectivity index (χ2n) is 9.71. The molecule has 0 unspecified atom stereocenters. The van der Waals surface area contributed by atoms with Gasteiger partial charge in [0.05, 0.1) is 11.3 Å². The van der Waals surface area contributed by atoms with Gasteiger partial charge in [0.15, 0.2) is 0 Å². The lowest BCUT2D eigenvalue weighted by Gasteiger charge is -2.43. The first-order valence-electron chi connectivity index (χ1n) is 10.2. The Morgan fingerprint density at radius 1 is 1.03 bits per heavy atom. The van der Waals surface area contributed by atoms with E-state index in [9.17, 15) is 13.2 Å². The number of fused-ring (bicyclic) bond motifs is 1. The molecular formula is C24H31NO4S. The van der Waals surface area contributed by atoms with Gasteiger partial charge in [-0.15, -0.1) is 0 Å². The predicted octanol–water partition coefficient (Wildman–Crippen LogP) is 5.08. The molecule has 0 radical (unpaired) electrons. The first-order valence-corrected chi connectivity index (χ1v) is 11.7. The van der Waals surface area contributed by atoms with Crippen molar-refractivity contribution in [3.8, 4) is 0 Å². The maximum atomic E-state index is 13.4. The van der Waals surface area contributed by atoms with Gasteiger partial charge in [-0.2, -0.15) is 0 Å². The third kappa shape index (κ3) is 4.10. The first kappa shape index (κ1) is 22.3. The summed E-state index contributed by atoms with van der Waals surface area (Å²) >= 11 is 0. The van der Waals surface area contributed by atoms with E-state index in [1.807, 2.05) is 19.9 Å². The molecule has 3 rings (SSSR count). The summed E-state index contributed by atoms with van der Waals surface area (Å²) in [5.74, 6) is -0.922. The van der Waals surface area contributed by atoms with E-state index in [1.165, 1.54) is 5.56 Å². The number of anilines is 1. The Bertz CT molecular complexity index is 1100. The van der Waals surface area contributed by atoms with Crippen LogP contribution in [0.4, 0.5) is 5.69 Å². The van der Waals surface area contributed by atoms with E-state index in [0.29, 0.717) is 16.1 Å². The summed E-state index contributed by atoms with van der Waals surface area (Å²) < 4.78 is 29.4. The zero-order valence-corrected chi connectivity index (χ0v) is 19.4. The zero-order chi connectivity index (χ0) is 22.5. The summed E-state index contributed by atoms with van der Waals surface area (Å²) in [4.78, 5) is 11.2. The number of rotatable bonds is 5. The monoisotopic (exact) mass is 429 g/mol. The van der Waals surface area contributed by atoms with Crippen LogP contribution in [0.25, 0.3) is 0 Å². The van der Waals surface area contributed by atoms with E-state index >= 15 is 0 Å². The lowest BCUT2D eigenvalue weighted by atomic mass is 9.62. The molecule has 0 aliphatic heterocycles. The van der Waals surface area contributed by atoms with E-state index in [4.69, 9.17) is 5.11 Å². The van der Waals surface area contributed by atoms with Crippen molar-refractivity contribution in [1.82, 2.24) is 0 Å². The molecule has 0 bridgehead atoms. The maximum absolute atomic E-state index is 13.4. The summed E-state index contributed by atoms with van der Waals surface area (Å²) in [7, 11) is -3.80. The molecule has 2 aromatic carbocycles. The molecule has 30 heavy (non-hydrogen) atoms. The quantitative estimate of drug-likeness (QED) is 0.694. The SMILES string of the molecule is Cc1cc2c(c(C)c1S(=O)(=O)Nc1ccc(CC(=O)O)cc1)C(C)(C)CCC2(C)C. The minimum Gasteiger partial charge on any atom is -0.481 e. The van der Waals surface area contributed by atoms with Gasteiger partial charge in [0.25, 0.3) is 10.0 Å². The number of benzene rings is 2. The Morgan fingerprint density at radius 3 is 2.17 bits per heavy atom. The van der Waals surface area contributed by atoms with Crippen LogP contribution in [0.15, 0.2) is 35.2 Å². The molecule has 0 fully saturated rings. The highest BCUT2D eigenvalue weighted by Crippen LogP contribution is 2.49. The molecule has 0 amide bonds. The minimum atomic E-state index is -3.80. The average Bonchev–Trinajstić information content (AvgIpc) is 2.59.